The molecule has 5 rings (SSSR count). The normalized spacial score (nSPS) is 15.3. The third-order valence-corrected chi connectivity index (χ3v) is 6.46. The van der Waals surface area contributed by atoms with E-state index in [-0.39, 0.29) is 17.0 Å². The molecule has 0 N–H and O–H groups in total. The average Bonchev–Trinajstić information content (AvgIpc) is 3.29. The Morgan fingerprint density at radius 1 is 1.00 bits per heavy atom. The molecule has 0 spiro atoms. The molecular weight excluding hydrogens is 500 g/mol. The van der Waals surface area contributed by atoms with Crippen LogP contribution in [0.5, 0.6) is 0 Å². The Morgan fingerprint density at radius 3 is 2.32 bits per heavy atom. The van der Waals surface area contributed by atoms with E-state index in [2.05, 4.69) is 15.1 Å². The summed E-state index contributed by atoms with van der Waals surface area (Å²) in [5.74, 6) is 0.593. The quantitative estimate of drug-likeness (QED) is 0.258. The van der Waals surface area contributed by atoms with Gasteiger partial charge in [-0.25, -0.2) is 9.50 Å². The van der Waals surface area contributed by atoms with Gasteiger partial charge in [0.1, 0.15) is 11.5 Å². The molecule has 12 heteroatoms. The number of benzene rings is 2. The van der Waals surface area contributed by atoms with Crippen LogP contribution in [0.2, 0.25) is 0 Å². The highest BCUT2D eigenvalue weighted by molar-refractivity contribution is 5.95. The molecule has 0 unspecified atom stereocenters. The standard InChI is InChI=1S/C25H19F6N5O/c1-23(2)18-8-3-14(11-16(18)13-19(23)37)12-20-33-22-21(32-9-10-35(22)34-20)15-4-6-17(7-5-15)36(24(26,27)28)25(29,30)31/h3-11H,12-13H2,1-2H3. The minimum absolute atomic E-state index is 0.154. The van der Waals surface area contributed by atoms with Gasteiger partial charge in [-0.15, -0.1) is 26.3 Å². The lowest BCUT2D eigenvalue weighted by molar-refractivity contribution is -0.226. The maximum absolute atomic E-state index is 13.0. The van der Waals surface area contributed by atoms with Crippen molar-refractivity contribution in [1.29, 1.82) is 0 Å². The van der Waals surface area contributed by atoms with Gasteiger partial charge in [-0.2, -0.15) is 10.00 Å². The van der Waals surface area contributed by atoms with Crippen LogP contribution in [0, 0.1) is 0 Å². The number of hydrogen-bond acceptors (Lipinski definition) is 5. The van der Waals surface area contributed by atoms with Crippen LogP contribution in [0.3, 0.4) is 0 Å². The Morgan fingerprint density at radius 2 is 1.68 bits per heavy atom. The lowest BCUT2D eigenvalue weighted by Gasteiger charge is -2.28. The topological polar surface area (TPSA) is 63.4 Å². The summed E-state index contributed by atoms with van der Waals surface area (Å²) >= 11 is 0. The van der Waals surface area contributed by atoms with E-state index in [4.69, 9.17) is 0 Å². The second kappa shape index (κ2) is 8.29. The van der Waals surface area contributed by atoms with E-state index in [1.165, 1.54) is 10.7 Å². The van der Waals surface area contributed by atoms with Gasteiger partial charge in [0.15, 0.2) is 11.5 Å². The first kappa shape index (κ1) is 24.7. The van der Waals surface area contributed by atoms with Crippen molar-refractivity contribution >= 4 is 17.1 Å². The summed E-state index contributed by atoms with van der Waals surface area (Å²) < 4.78 is 79.5. The van der Waals surface area contributed by atoms with Crippen molar-refractivity contribution < 1.29 is 31.1 Å². The molecular formula is C25H19F6N5O. The number of ketones is 1. The van der Waals surface area contributed by atoms with Crippen molar-refractivity contribution in [3.63, 3.8) is 0 Å². The minimum Gasteiger partial charge on any atom is -0.298 e. The summed E-state index contributed by atoms with van der Waals surface area (Å²) in [6.45, 7) is 3.80. The number of alkyl halides is 6. The molecule has 1 aliphatic rings. The molecule has 6 nitrogen and oxygen atoms in total. The lowest BCUT2D eigenvalue weighted by atomic mass is 9.85. The van der Waals surface area contributed by atoms with Gasteiger partial charge < -0.3 is 0 Å². The van der Waals surface area contributed by atoms with Crippen LogP contribution in [-0.2, 0) is 23.1 Å². The number of nitrogens with zero attached hydrogens (tertiary/aromatic N) is 5. The van der Waals surface area contributed by atoms with E-state index in [1.54, 1.807) is 6.20 Å². The van der Waals surface area contributed by atoms with Crippen LogP contribution < -0.4 is 4.90 Å². The van der Waals surface area contributed by atoms with Crippen LogP contribution >= 0.6 is 0 Å². The molecule has 0 fully saturated rings. The Balaban J connectivity index is 1.45. The Hall–Kier alpha value is -3.96. The number of carbonyl (C=O) groups is 1. The van der Waals surface area contributed by atoms with Crippen molar-refractivity contribution in [2.24, 2.45) is 0 Å². The number of aromatic nitrogens is 4. The first-order chi connectivity index (χ1) is 17.2. The third-order valence-electron chi connectivity index (χ3n) is 6.46. The summed E-state index contributed by atoms with van der Waals surface area (Å²) in [5, 5.41) is 4.43. The van der Waals surface area contributed by atoms with E-state index >= 15 is 0 Å². The van der Waals surface area contributed by atoms with Gasteiger partial charge in [-0.05, 0) is 42.7 Å². The van der Waals surface area contributed by atoms with Gasteiger partial charge >= 0.3 is 12.6 Å². The molecule has 1 aliphatic carbocycles. The van der Waals surface area contributed by atoms with E-state index in [0.29, 0.717) is 24.3 Å². The highest BCUT2D eigenvalue weighted by atomic mass is 19.4. The maximum Gasteiger partial charge on any atom is 0.491 e. The zero-order valence-electron chi connectivity index (χ0n) is 19.5. The molecule has 0 bridgehead atoms. The van der Waals surface area contributed by atoms with Crippen LogP contribution in [0.25, 0.3) is 16.9 Å². The number of halogens is 6. The van der Waals surface area contributed by atoms with Crippen LogP contribution in [0.4, 0.5) is 32.0 Å². The summed E-state index contributed by atoms with van der Waals surface area (Å²) in [4.78, 5) is 19.5. The third kappa shape index (κ3) is 4.40. The van der Waals surface area contributed by atoms with Crippen LogP contribution in [-0.4, -0.2) is 38.0 Å². The molecule has 2 aromatic heterocycles. The van der Waals surface area contributed by atoms with E-state index in [0.717, 1.165) is 41.0 Å². The predicted molar refractivity (Wildman–Crippen MR) is 122 cm³/mol. The first-order valence-corrected chi connectivity index (χ1v) is 11.2. The number of carbonyl (C=O) groups excluding carboxylic acids is 1. The van der Waals surface area contributed by atoms with Crippen molar-refractivity contribution in [3.8, 4) is 11.3 Å². The van der Waals surface area contributed by atoms with Gasteiger partial charge in [0, 0.05) is 36.2 Å². The summed E-state index contributed by atoms with van der Waals surface area (Å²) in [6, 6.07) is 9.50. The molecule has 0 radical (unpaired) electrons. The average molecular weight is 519 g/mol. The van der Waals surface area contributed by atoms with Crippen molar-refractivity contribution in [2.45, 2.75) is 44.7 Å². The molecule has 37 heavy (non-hydrogen) atoms. The molecule has 0 saturated carbocycles. The second-order valence-corrected chi connectivity index (χ2v) is 9.28. The van der Waals surface area contributed by atoms with E-state index in [1.807, 2.05) is 32.0 Å². The molecule has 0 amide bonds. The minimum atomic E-state index is -5.64. The van der Waals surface area contributed by atoms with Crippen LogP contribution in [0.15, 0.2) is 54.9 Å². The highest BCUT2D eigenvalue weighted by Crippen LogP contribution is 2.39. The van der Waals surface area contributed by atoms with Gasteiger partial charge in [-0.3, -0.25) is 9.78 Å². The van der Waals surface area contributed by atoms with Crippen molar-refractivity contribution in [1.82, 2.24) is 19.6 Å². The van der Waals surface area contributed by atoms with Gasteiger partial charge in [0.25, 0.3) is 0 Å². The maximum atomic E-state index is 13.0. The molecule has 0 atom stereocenters. The fraction of sp³-hybridized carbons (Fsp3) is 0.280. The van der Waals surface area contributed by atoms with E-state index < -0.39 is 28.6 Å². The van der Waals surface area contributed by atoms with Crippen molar-refractivity contribution in [2.75, 3.05) is 4.90 Å². The number of Topliss-reactive ketones (excluding diaryl/α,β-unsaturated/α-hetero) is 1. The number of hydrogen-bond donors (Lipinski definition) is 0. The molecule has 0 aliphatic heterocycles. The second-order valence-electron chi connectivity index (χ2n) is 9.28. The fourth-order valence-electron chi connectivity index (χ4n) is 4.58. The SMILES string of the molecule is CC1(C)C(=O)Cc2cc(Cc3nc4c(-c5ccc(N(C(F)(F)F)C(F)(F)F)cc5)nccn4n3)ccc21. The summed E-state index contributed by atoms with van der Waals surface area (Å²) in [7, 11) is 0. The largest absolute Gasteiger partial charge is 0.491 e. The fourth-order valence-corrected chi connectivity index (χ4v) is 4.58. The van der Waals surface area contributed by atoms with Crippen LogP contribution in [0.1, 0.15) is 36.4 Å². The number of rotatable bonds is 4. The number of fused-ring (bicyclic) bond motifs is 2. The molecule has 4 aromatic rings. The Kier molecular flexibility index (Phi) is 5.54. The molecule has 0 saturated heterocycles. The van der Waals surface area contributed by atoms with Gasteiger partial charge in [0.2, 0.25) is 0 Å². The van der Waals surface area contributed by atoms with E-state index in [9.17, 15) is 31.1 Å². The van der Waals surface area contributed by atoms with Gasteiger partial charge in [-0.1, -0.05) is 30.3 Å². The Bertz CT molecular complexity index is 1490. The first-order valence-electron chi connectivity index (χ1n) is 11.2. The number of anilines is 1. The smallest absolute Gasteiger partial charge is 0.298 e. The molecule has 2 aromatic carbocycles. The summed E-state index contributed by atoms with van der Waals surface area (Å²) in [6.07, 6.45) is -7.60. The zero-order valence-corrected chi connectivity index (χ0v) is 19.5. The summed E-state index contributed by atoms with van der Waals surface area (Å²) in [5.41, 5.74) is 2.08. The molecule has 192 valence electrons. The van der Waals surface area contributed by atoms with Crippen molar-refractivity contribution in [3.05, 3.63) is 77.4 Å². The monoisotopic (exact) mass is 519 g/mol. The van der Waals surface area contributed by atoms with Gasteiger partial charge in [0.05, 0.1) is 5.69 Å². The predicted octanol–water partition coefficient (Wildman–Crippen LogP) is 5.63. The Labute approximate surface area is 206 Å². The molecule has 2 heterocycles. The zero-order chi connectivity index (χ0) is 26.8. The lowest BCUT2D eigenvalue weighted by Crippen LogP contribution is -2.48. The highest BCUT2D eigenvalue weighted by Gasteiger charge is 2.53.